The van der Waals surface area contributed by atoms with E-state index < -0.39 is 8.07 Å². The van der Waals surface area contributed by atoms with Crippen LogP contribution in [0.15, 0.2) is 5.10 Å². The molecule has 0 N–H and O–H groups in total. The third-order valence-corrected chi connectivity index (χ3v) is 13.0. The Bertz CT molecular complexity index is 403. The molecule has 3 nitrogen and oxygen atoms in total. The van der Waals surface area contributed by atoms with Gasteiger partial charge in [0.25, 0.3) is 0 Å². The molecule has 0 bridgehead atoms. The molecule has 0 saturated carbocycles. The molecule has 0 unspecified atom stereocenters. The number of unbranched alkanes of at least 4 members (excludes halogenated alkanes) is 5. The summed E-state index contributed by atoms with van der Waals surface area (Å²) in [5.41, 5.74) is 0.664. The van der Waals surface area contributed by atoms with Crippen LogP contribution in [0.4, 0.5) is 0 Å². The first-order chi connectivity index (χ1) is 12.2. The van der Waals surface area contributed by atoms with Crippen molar-refractivity contribution in [1.82, 2.24) is 5.01 Å². The van der Waals surface area contributed by atoms with Crippen LogP contribution < -0.4 is 0 Å². The van der Waals surface area contributed by atoms with E-state index in [1.165, 1.54) is 57.8 Å². The molecular formula is C22H46N2OSi. The quantitative estimate of drug-likeness (QED) is 0.213. The van der Waals surface area contributed by atoms with E-state index in [9.17, 15) is 0 Å². The Kier molecular flexibility index (Phi) is 10.5. The zero-order valence-corrected chi connectivity index (χ0v) is 19.8. The minimum atomic E-state index is -1.43. The Morgan fingerprint density at radius 1 is 1.15 bits per heavy atom. The Balaban J connectivity index is 2.69. The van der Waals surface area contributed by atoms with Crippen LogP contribution in [0.25, 0.3) is 0 Å². The molecule has 0 radical (unpaired) electrons. The highest BCUT2D eigenvalue weighted by molar-refractivity contribution is 6.83. The van der Waals surface area contributed by atoms with Gasteiger partial charge in [0.1, 0.15) is 0 Å². The Morgan fingerprint density at radius 3 is 2.42 bits per heavy atom. The maximum absolute atomic E-state index is 5.39. The molecule has 0 aromatic heterocycles. The van der Waals surface area contributed by atoms with Gasteiger partial charge >= 0.3 is 0 Å². The van der Waals surface area contributed by atoms with Crippen LogP contribution >= 0.6 is 0 Å². The highest BCUT2D eigenvalue weighted by atomic mass is 28.3. The van der Waals surface area contributed by atoms with Gasteiger partial charge in [0.2, 0.25) is 0 Å². The summed E-state index contributed by atoms with van der Waals surface area (Å²) in [6.07, 6.45) is 14.4. The monoisotopic (exact) mass is 382 g/mol. The largest absolute Gasteiger partial charge is 0.382 e. The summed E-state index contributed by atoms with van der Waals surface area (Å²) in [4.78, 5) is 0. The number of ether oxygens (including phenoxy) is 1. The van der Waals surface area contributed by atoms with Crippen molar-refractivity contribution in [3.8, 4) is 0 Å². The summed E-state index contributed by atoms with van der Waals surface area (Å²) in [5, 5.41) is 7.70. The Hall–Kier alpha value is -0.353. The standard InChI is InChI=1S/C22H46N2OSi/c1-8-9-10-11-12-13-16-21(26(6,7)22(2,3)4)18-23-24-17-14-15-20(24)19-25-5/h18,20-21H,8-17,19H2,1-7H3/b23-18+/t20-,21-/m0/s1. The number of nitrogens with zero attached hydrogens (tertiary/aromatic N) is 2. The molecule has 0 spiro atoms. The molecule has 1 heterocycles. The third-order valence-electron chi connectivity index (χ3n) is 6.83. The van der Waals surface area contributed by atoms with Gasteiger partial charge in [0.15, 0.2) is 0 Å². The molecule has 1 aliphatic heterocycles. The molecule has 26 heavy (non-hydrogen) atoms. The van der Waals surface area contributed by atoms with E-state index in [-0.39, 0.29) is 0 Å². The first-order valence-corrected chi connectivity index (χ1v) is 14.1. The SMILES string of the molecule is CCCCCCCC[C@@H](/C=N/N1CCC[C@H]1COC)[Si](C)(C)C(C)(C)C. The van der Waals surface area contributed by atoms with E-state index in [0.29, 0.717) is 16.6 Å². The van der Waals surface area contributed by atoms with Gasteiger partial charge < -0.3 is 4.74 Å². The van der Waals surface area contributed by atoms with Crippen LogP contribution in [0.5, 0.6) is 0 Å². The molecular weight excluding hydrogens is 336 g/mol. The van der Waals surface area contributed by atoms with E-state index in [2.05, 4.69) is 52.0 Å². The minimum Gasteiger partial charge on any atom is -0.382 e. The molecule has 0 aliphatic carbocycles. The number of hydrogen-bond donors (Lipinski definition) is 0. The molecule has 1 aliphatic rings. The van der Waals surface area contributed by atoms with E-state index in [1.54, 1.807) is 7.11 Å². The maximum atomic E-state index is 5.39. The predicted octanol–water partition coefficient (Wildman–Crippen LogP) is 6.71. The molecule has 2 atom stereocenters. The molecule has 1 fully saturated rings. The van der Waals surface area contributed by atoms with Crippen molar-refractivity contribution in [2.24, 2.45) is 5.10 Å². The predicted molar refractivity (Wildman–Crippen MR) is 119 cm³/mol. The van der Waals surface area contributed by atoms with Gasteiger partial charge in [-0.05, 0) is 29.8 Å². The lowest BCUT2D eigenvalue weighted by atomic mass is 10.1. The fourth-order valence-corrected chi connectivity index (χ4v) is 6.30. The lowest BCUT2D eigenvalue weighted by Crippen LogP contribution is -2.43. The number of rotatable bonds is 12. The van der Waals surface area contributed by atoms with Gasteiger partial charge in [0, 0.05) is 19.9 Å². The Morgan fingerprint density at radius 2 is 1.81 bits per heavy atom. The summed E-state index contributed by atoms with van der Waals surface area (Å²) >= 11 is 0. The zero-order chi connectivity index (χ0) is 19.6. The van der Waals surface area contributed by atoms with Crippen LogP contribution in [0.3, 0.4) is 0 Å². The fraction of sp³-hybridized carbons (Fsp3) is 0.955. The average molecular weight is 383 g/mol. The van der Waals surface area contributed by atoms with E-state index in [0.717, 1.165) is 13.2 Å². The van der Waals surface area contributed by atoms with Crippen molar-refractivity contribution < 1.29 is 4.74 Å². The molecule has 0 amide bonds. The first-order valence-electron chi connectivity index (χ1n) is 11.0. The van der Waals surface area contributed by atoms with E-state index in [1.807, 2.05) is 0 Å². The second kappa shape index (κ2) is 11.5. The Labute approximate surface area is 165 Å². The lowest BCUT2D eigenvalue weighted by molar-refractivity contribution is 0.118. The van der Waals surface area contributed by atoms with Crippen molar-refractivity contribution in [2.75, 3.05) is 20.3 Å². The van der Waals surface area contributed by atoms with Crippen LogP contribution in [0.2, 0.25) is 23.7 Å². The molecule has 4 heteroatoms. The fourth-order valence-electron chi connectivity index (χ4n) is 3.82. The van der Waals surface area contributed by atoms with E-state index in [4.69, 9.17) is 9.84 Å². The molecule has 154 valence electrons. The molecule has 0 aromatic carbocycles. The second-order valence-electron chi connectivity index (χ2n) is 9.81. The smallest absolute Gasteiger partial charge is 0.0704 e. The van der Waals surface area contributed by atoms with Crippen LogP contribution in [0, 0.1) is 0 Å². The number of hydrazone groups is 1. The maximum Gasteiger partial charge on any atom is 0.0704 e. The van der Waals surface area contributed by atoms with Gasteiger partial charge in [-0.15, -0.1) is 0 Å². The summed E-state index contributed by atoms with van der Waals surface area (Å²) < 4.78 is 5.39. The zero-order valence-electron chi connectivity index (χ0n) is 18.8. The van der Waals surface area contributed by atoms with Crippen molar-refractivity contribution in [1.29, 1.82) is 0 Å². The van der Waals surface area contributed by atoms with Gasteiger partial charge in [-0.2, -0.15) is 5.10 Å². The van der Waals surface area contributed by atoms with Crippen LogP contribution in [-0.2, 0) is 4.74 Å². The molecule has 1 saturated heterocycles. The third kappa shape index (κ3) is 7.34. The lowest BCUT2D eigenvalue weighted by Gasteiger charge is -2.42. The van der Waals surface area contributed by atoms with Gasteiger partial charge in [-0.25, -0.2) is 0 Å². The average Bonchev–Trinajstić information content (AvgIpc) is 3.00. The topological polar surface area (TPSA) is 24.8 Å². The summed E-state index contributed by atoms with van der Waals surface area (Å²) in [6, 6.07) is 0.477. The normalized spacial score (nSPS) is 20.3. The van der Waals surface area contributed by atoms with Gasteiger partial charge in [0.05, 0.1) is 20.7 Å². The second-order valence-corrected chi connectivity index (χ2v) is 15.5. The van der Waals surface area contributed by atoms with Gasteiger partial charge in [-0.3, -0.25) is 5.01 Å². The van der Waals surface area contributed by atoms with E-state index >= 15 is 0 Å². The van der Waals surface area contributed by atoms with Crippen LogP contribution in [0.1, 0.15) is 85.5 Å². The first kappa shape index (κ1) is 23.7. The molecule has 1 rings (SSSR count). The summed E-state index contributed by atoms with van der Waals surface area (Å²) in [6.45, 7) is 16.6. The number of hydrogen-bond acceptors (Lipinski definition) is 3. The van der Waals surface area contributed by atoms with Crippen molar-refractivity contribution >= 4 is 14.3 Å². The highest BCUT2D eigenvalue weighted by Gasteiger charge is 2.41. The van der Waals surface area contributed by atoms with Gasteiger partial charge in [-0.1, -0.05) is 79.3 Å². The van der Waals surface area contributed by atoms with Crippen molar-refractivity contribution in [2.45, 2.75) is 115 Å². The van der Waals surface area contributed by atoms with Crippen LogP contribution in [-0.4, -0.2) is 45.6 Å². The van der Waals surface area contributed by atoms with Crippen molar-refractivity contribution in [3.63, 3.8) is 0 Å². The number of methoxy groups -OCH3 is 1. The summed E-state index contributed by atoms with van der Waals surface area (Å²) in [5.74, 6) is 0. The highest BCUT2D eigenvalue weighted by Crippen LogP contribution is 2.44. The van der Waals surface area contributed by atoms with Crippen molar-refractivity contribution in [3.05, 3.63) is 0 Å². The minimum absolute atomic E-state index is 0.406. The summed E-state index contributed by atoms with van der Waals surface area (Å²) in [7, 11) is 0.373. The molecule has 0 aromatic rings.